The van der Waals surface area contributed by atoms with E-state index in [1.165, 1.54) is 0 Å². The maximum absolute atomic E-state index is 12.2. The van der Waals surface area contributed by atoms with Crippen molar-refractivity contribution in [3.8, 4) is 0 Å². The van der Waals surface area contributed by atoms with Gasteiger partial charge in [-0.2, -0.15) is 0 Å². The molecule has 0 fully saturated rings. The Morgan fingerprint density at radius 1 is 1.10 bits per heavy atom. The van der Waals surface area contributed by atoms with Gasteiger partial charge in [-0.05, 0) is 31.0 Å². The van der Waals surface area contributed by atoms with Gasteiger partial charge in [0.15, 0.2) is 0 Å². The number of azide groups is 1. The molecule has 1 amide bonds. The highest BCUT2D eigenvalue weighted by Crippen LogP contribution is 2.20. The number of aryl methyl sites for hydroxylation is 1. The smallest absolute Gasteiger partial charge is 0.267 e. The zero-order valence-electron chi connectivity index (χ0n) is 11.8. The van der Waals surface area contributed by atoms with Crippen LogP contribution in [0.3, 0.4) is 0 Å². The maximum Gasteiger partial charge on any atom is 0.277 e. The lowest BCUT2D eigenvalue weighted by Crippen LogP contribution is -2.02. The van der Waals surface area contributed by atoms with E-state index in [9.17, 15) is 4.79 Å². The molecule has 0 N–H and O–H groups in total. The molecule has 0 heterocycles. The van der Waals surface area contributed by atoms with Crippen molar-refractivity contribution in [1.29, 1.82) is 0 Å². The largest absolute Gasteiger partial charge is 0.277 e. The first-order chi connectivity index (χ1) is 10.1. The minimum absolute atomic E-state index is 0.283. The minimum Gasteiger partial charge on any atom is -0.267 e. The fourth-order valence-corrected chi connectivity index (χ4v) is 1.86. The van der Waals surface area contributed by atoms with Crippen molar-refractivity contribution in [1.82, 2.24) is 0 Å². The molecule has 0 atom stereocenters. The third kappa shape index (κ3) is 3.55. The van der Waals surface area contributed by atoms with Crippen LogP contribution in [0.2, 0.25) is 0 Å². The number of aliphatic imine (C=N–C) groups is 1. The number of hydrogen-bond donors (Lipinski definition) is 0. The van der Waals surface area contributed by atoms with Crippen molar-refractivity contribution in [2.24, 2.45) is 10.1 Å². The molecule has 0 aliphatic rings. The molecule has 2 rings (SSSR count). The molecule has 5 heteroatoms. The average molecular weight is 278 g/mol. The lowest BCUT2D eigenvalue weighted by molar-refractivity contribution is 0.100. The first-order valence-corrected chi connectivity index (χ1v) is 6.42. The Balaban J connectivity index is 2.34. The van der Waals surface area contributed by atoms with Crippen LogP contribution in [0, 0.1) is 6.92 Å². The van der Waals surface area contributed by atoms with Crippen molar-refractivity contribution >= 4 is 17.3 Å². The van der Waals surface area contributed by atoms with Crippen molar-refractivity contribution < 1.29 is 4.79 Å². The van der Waals surface area contributed by atoms with Crippen molar-refractivity contribution in [3.63, 3.8) is 0 Å². The lowest BCUT2D eigenvalue weighted by atomic mass is 10.1. The third-order valence-electron chi connectivity index (χ3n) is 3.03. The summed E-state index contributed by atoms with van der Waals surface area (Å²) in [4.78, 5) is 19.0. The molecule has 0 aromatic heterocycles. The van der Waals surface area contributed by atoms with E-state index in [0.29, 0.717) is 11.3 Å². The zero-order chi connectivity index (χ0) is 15.2. The van der Waals surface area contributed by atoms with Gasteiger partial charge in [-0.15, -0.1) is 0 Å². The number of carbonyl (C=O) groups excluding carboxylic acids is 1. The second-order valence-electron chi connectivity index (χ2n) is 4.57. The van der Waals surface area contributed by atoms with Crippen molar-refractivity contribution in [2.75, 3.05) is 0 Å². The van der Waals surface area contributed by atoms with Crippen molar-refractivity contribution in [2.45, 2.75) is 13.8 Å². The topological polar surface area (TPSA) is 78.2 Å². The molecule has 5 nitrogen and oxygen atoms in total. The van der Waals surface area contributed by atoms with Gasteiger partial charge in [0.25, 0.3) is 5.91 Å². The Morgan fingerprint density at radius 3 is 2.43 bits per heavy atom. The predicted octanol–water partition coefficient (Wildman–Crippen LogP) is 4.59. The standard InChI is InChI=1S/C16H14N4O/c1-11-7-9-13(10-8-11)12(2)18-16(21)14-5-3-4-6-15(14)19-20-17/h3-10H,1-2H3. The van der Waals surface area contributed by atoms with Gasteiger partial charge in [-0.1, -0.05) is 53.1 Å². The molecule has 0 unspecified atom stereocenters. The van der Waals surface area contributed by atoms with Gasteiger partial charge >= 0.3 is 0 Å². The van der Waals surface area contributed by atoms with Gasteiger partial charge in [-0.3, -0.25) is 4.79 Å². The monoisotopic (exact) mass is 278 g/mol. The van der Waals surface area contributed by atoms with Crippen LogP contribution >= 0.6 is 0 Å². The maximum atomic E-state index is 12.2. The molecule has 2 aromatic rings. The first kappa shape index (κ1) is 14.5. The summed E-state index contributed by atoms with van der Waals surface area (Å²) in [6.45, 7) is 3.77. The van der Waals surface area contributed by atoms with Gasteiger partial charge in [0, 0.05) is 10.6 Å². The number of nitrogens with zero attached hydrogens (tertiary/aromatic N) is 4. The zero-order valence-corrected chi connectivity index (χ0v) is 11.8. The summed E-state index contributed by atoms with van der Waals surface area (Å²) in [5.41, 5.74) is 11.7. The Morgan fingerprint density at radius 2 is 1.76 bits per heavy atom. The van der Waals surface area contributed by atoms with Gasteiger partial charge in [0.05, 0.1) is 11.3 Å². The van der Waals surface area contributed by atoms with Crippen molar-refractivity contribution in [3.05, 3.63) is 75.7 Å². The number of benzene rings is 2. The van der Waals surface area contributed by atoms with Crippen LogP contribution in [-0.4, -0.2) is 11.6 Å². The summed E-state index contributed by atoms with van der Waals surface area (Å²) >= 11 is 0. The van der Waals surface area contributed by atoms with Gasteiger partial charge < -0.3 is 0 Å². The molecular formula is C16H14N4O. The summed E-state index contributed by atoms with van der Waals surface area (Å²) in [6, 6.07) is 14.4. The molecule has 0 spiro atoms. The normalized spacial score (nSPS) is 10.9. The second-order valence-corrected chi connectivity index (χ2v) is 4.57. The van der Waals surface area contributed by atoms with E-state index >= 15 is 0 Å². The first-order valence-electron chi connectivity index (χ1n) is 6.42. The Bertz CT molecular complexity index is 741. The van der Waals surface area contributed by atoms with Gasteiger partial charge in [0.1, 0.15) is 0 Å². The third-order valence-corrected chi connectivity index (χ3v) is 3.03. The Hall–Kier alpha value is -2.91. The summed E-state index contributed by atoms with van der Waals surface area (Å²) in [6.07, 6.45) is 0. The fraction of sp³-hybridized carbons (Fsp3) is 0.125. The average Bonchev–Trinajstić information content (AvgIpc) is 2.48. The van der Waals surface area contributed by atoms with E-state index in [1.54, 1.807) is 31.2 Å². The van der Waals surface area contributed by atoms with E-state index < -0.39 is 5.91 Å². The van der Waals surface area contributed by atoms with Crippen LogP contribution in [0.5, 0.6) is 0 Å². The van der Waals surface area contributed by atoms with E-state index in [-0.39, 0.29) is 5.69 Å². The van der Waals surface area contributed by atoms with E-state index in [4.69, 9.17) is 5.53 Å². The fourth-order valence-electron chi connectivity index (χ4n) is 1.86. The van der Waals surface area contributed by atoms with Crippen LogP contribution in [0.4, 0.5) is 5.69 Å². The molecule has 2 aromatic carbocycles. The number of rotatable bonds is 3. The molecular weight excluding hydrogens is 264 g/mol. The van der Waals surface area contributed by atoms with Gasteiger partial charge in [-0.25, -0.2) is 4.99 Å². The summed E-state index contributed by atoms with van der Waals surface area (Å²) in [5, 5.41) is 3.51. The molecule has 0 aliphatic carbocycles. The molecule has 0 saturated carbocycles. The highest BCUT2D eigenvalue weighted by molar-refractivity contribution is 6.11. The minimum atomic E-state index is -0.420. The molecule has 0 aliphatic heterocycles. The lowest BCUT2D eigenvalue weighted by Gasteiger charge is -2.03. The van der Waals surface area contributed by atoms with Crippen LogP contribution in [0.1, 0.15) is 28.4 Å². The molecule has 0 radical (unpaired) electrons. The van der Waals surface area contributed by atoms with E-state index in [1.807, 2.05) is 31.2 Å². The number of carbonyl (C=O) groups is 1. The summed E-state index contributed by atoms with van der Waals surface area (Å²) in [5.74, 6) is -0.420. The highest BCUT2D eigenvalue weighted by Gasteiger charge is 2.09. The Kier molecular flexibility index (Phi) is 4.49. The number of hydrogen-bond acceptors (Lipinski definition) is 2. The van der Waals surface area contributed by atoms with E-state index in [2.05, 4.69) is 15.0 Å². The summed E-state index contributed by atoms with van der Waals surface area (Å²) in [7, 11) is 0. The highest BCUT2D eigenvalue weighted by atomic mass is 16.1. The van der Waals surface area contributed by atoms with Gasteiger partial charge in [0.2, 0.25) is 0 Å². The van der Waals surface area contributed by atoms with Crippen LogP contribution < -0.4 is 0 Å². The second kappa shape index (κ2) is 6.50. The number of amides is 1. The van der Waals surface area contributed by atoms with Crippen LogP contribution in [0.25, 0.3) is 10.4 Å². The molecule has 21 heavy (non-hydrogen) atoms. The van der Waals surface area contributed by atoms with E-state index in [0.717, 1.165) is 11.1 Å². The van der Waals surface area contributed by atoms with Crippen LogP contribution in [-0.2, 0) is 0 Å². The van der Waals surface area contributed by atoms with Crippen LogP contribution in [0.15, 0.2) is 58.6 Å². The predicted molar refractivity (Wildman–Crippen MR) is 83.0 cm³/mol. The quantitative estimate of drug-likeness (QED) is 0.350. The summed E-state index contributed by atoms with van der Waals surface area (Å²) < 4.78 is 0. The molecule has 0 bridgehead atoms. The SMILES string of the molecule is CC(=NC(=O)c1ccccc1N=[N+]=[N-])c1ccc(C)cc1. The Labute approximate surface area is 122 Å². The molecule has 0 saturated heterocycles. The molecule has 104 valence electrons.